The second-order valence-corrected chi connectivity index (χ2v) is 8.87. The summed E-state index contributed by atoms with van der Waals surface area (Å²) in [6.45, 7) is 0.377. The second-order valence-electron chi connectivity index (χ2n) is 7.40. The topological polar surface area (TPSA) is 70.2 Å². The minimum atomic E-state index is -0.411. The van der Waals surface area contributed by atoms with E-state index in [0.717, 1.165) is 16.8 Å². The van der Waals surface area contributed by atoms with Gasteiger partial charge in [-0.3, -0.25) is 9.59 Å². The molecule has 0 spiro atoms. The molecule has 1 aliphatic heterocycles. The Morgan fingerprint density at radius 1 is 1.03 bits per heavy atom. The first-order valence-corrected chi connectivity index (χ1v) is 11.6. The molecule has 1 unspecified atom stereocenters. The maximum Gasteiger partial charge on any atom is 0.251 e. The third-order valence-electron chi connectivity index (χ3n) is 4.99. The Hall–Kier alpha value is -3.03. The lowest BCUT2D eigenvalue weighted by Gasteiger charge is -2.27. The lowest BCUT2D eigenvalue weighted by atomic mass is 10.1. The molecule has 164 valence electrons. The minimum absolute atomic E-state index is 0.164. The van der Waals surface area contributed by atoms with Gasteiger partial charge in [0, 0.05) is 28.6 Å². The maximum atomic E-state index is 13.3. The van der Waals surface area contributed by atoms with Crippen molar-refractivity contribution in [3.05, 3.63) is 94.3 Å². The van der Waals surface area contributed by atoms with E-state index in [1.165, 1.54) is 12.1 Å². The van der Waals surface area contributed by atoms with Crippen molar-refractivity contribution in [2.45, 2.75) is 18.3 Å². The first kappa shape index (κ1) is 22.2. The number of hydrogen-bond donors (Lipinski definition) is 3. The van der Waals surface area contributed by atoms with Crippen LogP contribution in [0, 0.1) is 5.82 Å². The van der Waals surface area contributed by atoms with Gasteiger partial charge in [-0.1, -0.05) is 35.9 Å². The van der Waals surface area contributed by atoms with E-state index in [1.807, 2.05) is 18.2 Å². The Morgan fingerprint density at radius 2 is 1.84 bits per heavy atom. The normalized spacial score (nSPS) is 14.8. The molecule has 3 N–H and O–H groups in total. The van der Waals surface area contributed by atoms with Crippen LogP contribution in [0.4, 0.5) is 15.8 Å². The molecule has 2 amide bonds. The van der Waals surface area contributed by atoms with Gasteiger partial charge in [-0.05, 0) is 53.6 Å². The molecule has 4 rings (SSSR count). The first-order chi connectivity index (χ1) is 15.5. The highest BCUT2D eigenvalue weighted by atomic mass is 35.5. The van der Waals surface area contributed by atoms with E-state index >= 15 is 0 Å². The fraction of sp³-hybridized carbons (Fsp3) is 0.167. The van der Waals surface area contributed by atoms with E-state index in [1.54, 1.807) is 48.2 Å². The first-order valence-electron chi connectivity index (χ1n) is 10.0. The molecular weight excluding hydrogens is 449 g/mol. The summed E-state index contributed by atoms with van der Waals surface area (Å²) in [6.07, 6.45) is 0. The summed E-state index contributed by atoms with van der Waals surface area (Å²) in [5, 5.41) is 9.60. The predicted octanol–water partition coefficient (Wildman–Crippen LogP) is 5.08. The predicted molar refractivity (Wildman–Crippen MR) is 128 cm³/mol. The van der Waals surface area contributed by atoms with E-state index in [-0.39, 0.29) is 17.6 Å². The van der Waals surface area contributed by atoms with Crippen LogP contribution in [-0.4, -0.2) is 23.6 Å². The fourth-order valence-corrected chi connectivity index (χ4v) is 4.44. The number of hydrogen-bond acceptors (Lipinski definition) is 4. The number of nitrogens with one attached hydrogen (secondary N) is 3. The monoisotopic (exact) mass is 469 g/mol. The number of halogens is 2. The molecule has 0 bridgehead atoms. The minimum Gasteiger partial charge on any atom is -0.371 e. The van der Waals surface area contributed by atoms with Crippen LogP contribution in [0.3, 0.4) is 0 Å². The average Bonchev–Trinajstić information content (AvgIpc) is 2.78. The van der Waals surface area contributed by atoms with Gasteiger partial charge in [-0.15, -0.1) is 0 Å². The molecule has 1 heterocycles. The number of rotatable bonds is 7. The van der Waals surface area contributed by atoms with Crippen LogP contribution in [-0.2, 0) is 17.1 Å². The zero-order chi connectivity index (χ0) is 22.5. The zero-order valence-electron chi connectivity index (χ0n) is 17.0. The molecule has 0 aliphatic carbocycles. The number of anilines is 2. The molecule has 0 aromatic heterocycles. The van der Waals surface area contributed by atoms with Crippen LogP contribution >= 0.6 is 23.4 Å². The van der Waals surface area contributed by atoms with E-state index in [9.17, 15) is 14.0 Å². The standard InChI is InChI=1S/C24H21ClFN3O2S/c25-18-7-4-15(5-8-18)12-27-23(30)17-6-9-20-21(11-17)29-24(31)22(28-20)14-32-13-16-2-1-3-19(26)10-16/h1-11,22,28H,12-14H2,(H,27,30)(H,29,31). The van der Waals surface area contributed by atoms with Crippen molar-refractivity contribution < 1.29 is 14.0 Å². The molecule has 5 nitrogen and oxygen atoms in total. The molecule has 0 fully saturated rings. The van der Waals surface area contributed by atoms with E-state index in [0.29, 0.717) is 34.3 Å². The molecule has 3 aromatic rings. The van der Waals surface area contributed by atoms with E-state index < -0.39 is 6.04 Å². The molecule has 3 aromatic carbocycles. The van der Waals surface area contributed by atoms with Crippen molar-refractivity contribution in [2.24, 2.45) is 0 Å². The molecule has 0 saturated heterocycles. The van der Waals surface area contributed by atoms with Gasteiger partial charge in [0.05, 0.1) is 11.4 Å². The maximum absolute atomic E-state index is 13.3. The van der Waals surface area contributed by atoms with Crippen molar-refractivity contribution >= 4 is 46.6 Å². The average molecular weight is 470 g/mol. The smallest absolute Gasteiger partial charge is 0.251 e. The number of thioether (sulfide) groups is 1. The summed E-state index contributed by atoms with van der Waals surface area (Å²) < 4.78 is 13.3. The van der Waals surface area contributed by atoms with Crippen LogP contribution in [0.5, 0.6) is 0 Å². The highest BCUT2D eigenvalue weighted by Crippen LogP contribution is 2.29. The van der Waals surface area contributed by atoms with Crippen LogP contribution < -0.4 is 16.0 Å². The lowest BCUT2D eigenvalue weighted by Crippen LogP contribution is -2.40. The van der Waals surface area contributed by atoms with Crippen LogP contribution in [0.2, 0.25) is 5.02 Å². The van der Waals surface area contributed by atoms with E-state index in [2.05, 4.69) is 16.0 Å². The largest absolute Gasteiger partial charge is 0.371 e. The Labute approximate surface area is 194 Å². The summed E-state index contributed by atoms with van der Waals surface area (Å²) in [4.78, 5) is 25.0. The molecular formula is C24H21ClFN3O2S. The zero-order valence-corrected chi connectivity index (χ0v) is 18.6. The second kappa shape index (κ2) is 10.1. The molecule has 1 atom stereocenters. The lowest BCUT2D eigenvalue weighted by molar-refractivity contribution is -0.116. The van der Waals surface area contributed by atoms with E-state index in [4.69, 9.17) is 11.6 Å². The van der Waals surface area contributed by atoms with Crippen LogP contribution in [0.25, 0.3) is 0 Å². The van der Waals surface area contributed by atoms with Gasteiger partial charge in [0.2, 0.25) is 5.91 Å². The quantitative estimate of drug-likeness (QED) is 0.451. The van der Waals surface area contributed by atoms with Gasteiger partial charge in [-0.2, -0.15) is 11.8 Å². The highest BCUT2D eigenvalue weighted by molar-refractivity contribution is 7.98. The number of carbonyl (C=O) groups is 2. The van der Waals surface area contributed by atoms with Gasteiger partial charge < -0.3 is 16.0 Å². The highest BCUT2D eigenvalue weighted by Gasteiger charge is 2.26. The van der Waals surface area contributed by atoms with Crippen LogP contribution in [0.15, 0.2) is 66.7 Å². The van der Waals surface area contributed by atoms with Gasteiger partial charge >= 0.3 is 0 Å². The van der Waals surface area contributed by atoms with Gasteiger partial charge in [-0.25, -0.2) is 4.39 Å². The molecule has 32 heavy (non-hydrogen) atoms. The van der Waals surface area contributed by atoms with Crippen molar-refractivity contribution in [3.8, 4) is 0 Å². The summed E-state index contributed by atoms with van der Waals surface area (Å²) in [6, 6.07) is 18.5. The van der Waals surface area contributed by atoms with Crippen molar-refractivity contribution in [1.29, 1.82) is 0 Å². The van der Waals surface area contributed by atoms with Gasteiger partial charge in [0.15, 0.2) is 0 Å². The van der Waals surface area contributed by atoms with Crippen molar-refractivity contribution in [2.75, 3.05) is 16.4 Å². The van der Waals surface area contributed by atoms with Crippen molar-refractivity contribution in [1.82, 2.24) is 5.32 Å². The Kier molecular flexibility index (Phi) is 6.97. The Bertz CT molecular complexity index is 1140. The summed E-state index contributed by atoms with van der Waals surface area (Å²) in [7, 11) is 0. The number of fused-ring (bicyclic) bond motifs is 1. The molecule has 0 saturated carbocycles. The summed E-state index contributed by atoms with van der Waals surface area (Å²) >= 11 is 7.43. The van der Waals surface area contributed by atoms with Gasteiger partial charge in [0.1, 0.15) is 11.9 Å². The number of amides is 2. The fourth-order valence-electron chi connectivity index (χ4n) is 3.31. The molecule has 1 aliphatic rings. The van der Waals surface area contributed by atoms with Crippen molar-refractivity contribution in [3.63, 3.8) is 0 Å². The van der Waals surface area contributed by atoms with Gasteiger partial charge in [0.25, 0.3) is 5.91 Å². The third kappa shape index (κ3) is 5.60. The molecule has 8 heteroatoms. The number of carbonyl (C=O) groups excluding carboxylic acids is 2. The SMILES string of the molecule is O=C(NCc1ccc(Cl)cc1)c1ccc2c(c1)NC(=O)C(CSCc1cccc(F)c1)N2. The third-order valence-corrected chi connectivity index (χ3v) is 6.35. The summed E-state index contributed by atoms with van der Waals surface area (Å²) in [5.74, 6) is 0.486. The Morgan fingerprint density at radius 3 is 2.62 bits per heavy atom. The van der Waals surface area contributed by atoms with Crippen LogP contribution in [0.1, 0.15) is 21.5 Å². The Balaban J connectivity index is 1.33. The summed E-state index contributed by atoms with van der Waals surface area (Å²) in [5.41, 5.74) is 3.60. The number of benzene rings is 3. The molecule has 0 radical (unpaired) electrons.